The van der Waals surface area contributed by atoms with Crippen LogP contribution in [0, 0.1) is 6.57 Å². The largest absolute Gasteiger partial charge is 0.406 e. The lowest BCUT2D eigenvalue weighted by Gasteiger charge is -1.97. The topological polar surface area (TPSA) is 30.4 Å². The molecule has 10 heavy (non-hydrogen) atoms. The van der Waals surface area contributed by atoms with Crippen LogP contribution in [0.15, 0.2) is 18.2 Å². The molecule has 0 heterocycles. The van der Waals surface area contributed by atoms with Crippen molar-refractivity contribution in [1.29, 1.82) is 0 Å². The molecule has 2 nitrogen and oxygen atoms in total. The summed E-state index contributed by atoms with van der Waals surface area (Å²) in [7, 11) is 0. The monoisotopic (exact) mass is 152 g/mol. The maximum Gasteiger partial charge on any atom is 0.210 e. The lowest BCUT2D eigenvalue weighted by Crippen LogP contribution is -1.84. The highest BCUT2D eigenvalue weighted by atomic mass is 35.5. The van der Waals surface area contributed by atoms with E-state index in [9.17, 15) is 0 Å². The van der Waals surface area contributed by atoms with E-state index in [1.807, 2.05) is 0 Å². The third-order valence-electron chi connectivity index (χ3n) is 1.15. The summed E-state index contributed by atoms with van der Waals surface area (Å²) in [4.78, 5) is 3.17. The van der Waals surface area contributed by atoms with Crippen LogP contribution in [0.4, 0.5) is 11.4 Å². The van der Waals surface area contributed by atoms with Crippen molar-refractivity contribution >= 4 is 23.0 Å². The number of para-hydroxylation sites is 1. The van der Waals surface area contributed by atoms with Gasteiger partial charge in [-0.15, -0.1) is 0 Å². The first kappa shape index (κ1) is 6.91. The Hall–Kier alpha value is -1.20. The van der Waals surface area contributed by atoms with Crippen LogP contribution >= 0.6 is 11.6 Å². The molecule has 3 heteroatoms. The average Bonchev–Trinajstić information content (AvgIpc) is 1.95. The summed E-state index contributed by atoms with van der Waals surface area (Å²) in [5, 5.41) is 0.438. The molecule has 0 bridgehead atoms. The number of benzene rings is 1. The fourth-order valence-electron chi connectivity index (χ4n) is 0.623. The molecule has 0 aliphatic carbocycles. The summed E-state index contributed by atoms with van der Waals surface area (Å²) in [6.07, 6.45) is 0. The molecular weight excluding hydrogens is 148 g/mol. The van der Waals surface area contributed by atoms with Gasteiger partial charge in [0.1, 0.15) is 0 Å². The minimum absolute atomic E-state index is 0.360. The summed E-state index contributed by atoms with van der Waals surface area (Å²) in [6, 6.07) is 4.99. The van der Waals surface area contributed by atoms with Crippen LogP contribution in [-0.4, -0.2) is 0 Å². The van der Waals surface area contributed by atoms with Gasteiger partial charge in [0.15, 0.2) is 0 Å². The highest BCUT2D eigenvalue weighted by Crippen LogP contribution is 2.28. The smallest absolute Gasteiger partial charge is 0.210 e. The molecule has 0 fully saturated rings. The van der Waals surface area contributed by atoms with Crippen LogP contribution in [-0.2, 0) is 0 Å². The van der Waals surface area contributed by atoms with E-state index in [0.29, 0.717) is 16.4 Å². The molecule has 0 radical (unpaired) electrons. The number of nitrogens with zero attached hydrogens (tertiary/aromatic N) is 1. The molecule has 1 aromatic carbocycles. The van der Waals surface area contributed by atoms with Crippen molar-refractivity contribution in [2.45, 2.75) is 0 Å². The third-order valence-corrected chi connectivity index (χ3v) is 1.48. The Bertz CT molecular complexity index is 288. The van der Waals surface area contributed by atoms with Gasteiger partial charge in [0.05, 0.1) is 17.3 Å². The normalized spacial score (nSPS) is 8.80. The van der Waals surface area contributed by atoms with E-state index in [2.05, 4.69) is 4.85 Å². The number of nitrogens with two attached hydrogens (primary N) is 1. The maximum absolute atomic E-state index is 6.67. The molecule has 0 aliphatic rings. The molecule has 2 N–H and O–H groups in total. The van der Waals surface area contributed by atoms with E-state index in [1.54, 1.807) is 18.2 Å². The van der Waals surface area contributed by atoms with Crippen LogP contribution < -0.4 is 5.73 Å². The van der Waals surface area contributed by atoms with E-state index < -0.39 is 0 Å². The highest BCUT2D eigenvalue weighted by molar-refractivity contribution is 6.33. The highest BCUT2D eigenvalue weighted by Gasteiger charge is 1.99. The van der Waals surface area contributed by atoms with Gasteiger partial charge < -0.3 is 5.73 Å². The van der Waals surface area contributed by atoms with Gasteiger partial charge in [-0.2, -0.15) is 0 Å². The number of anilines is 1. The van der Waals surface area contributed by atoms with Crippen molar-refractivity contribution in [3.05, 3.63) is 34.6 Å². The molecule has 1 rings (SSSR count). The Morgan fingerprint density at radius 2 is 2.20 bits per heavy atom. The van der Waals surface area contributed by atoms with E-state index in [0.717, 1.165) is 0 Å². The van der Waals surface area contributed by atoms with Crippen LogP contribution in [0.25, 0.3) is 4.85 Å². The minimum Gasteiger partial charge on any atom is -0.406 e. The first-order valence-corrected chi connectivity index (χ1v) is 3.05. The van der Waals surface area contributed by atoms with E-state index in [1.165, 1.54) is 0 Å². The Balaban J connectivity index is 3.31. The summed E-state index contributed by atoms with van der Waals surface area (Å²) in [5.74, 6) is 0. The summed E-state index contributed by atoms with van der Waals surface area (Å²) < 4.78 is 0. The molecule has 0 saturated heterocycles. The zero-order valence-electron chi connectivity index (χ0n) is 5.13. The van der Waals surface area contributed by atoms with E-state index in [-0.39, 0.29) is 0 Å². The molecule has 0 atom stereocenters. The van der Waals surface area contributed by atoms with Crippen molar-refractivity contribution < 1.29 is 0 Å². The number of nitrogen functional groups attached to an aromatic ring is 1. The Labute approximate surface area is 64.0 Å². The lowest BCUT2D eigenvalue weighted by molar-refractivity contribution is 1.69. The van der Waals surface area contributed by atoms with Gasteiger partial charge in [-0.3, -0.25) is 0 Å². The molecule has 0 amide bonds. The first-order chi connectivity index (χ1) is 4.75. The molecule has 0 aromatic heterocycles. The van der Waals surface area contributed by atoms with Crippen molar-refractivity contribution in [2.24, 2.45) is 0 Å². The van der Waals surface area contributed by atoms with Crippen molar-refractivity contribution in [1.82, 2.24) is 0 Å². The SMILES string of the molecule is [C-]#[N+]c1cccc(Cl)c1N. The average molecular weight is 153 g/mol. The fraction of sp³-hybridized carbons (Fsp3) is 0. The van der Waals surface area contributed by atoms with Gasteiger partial charge in [0.25, 0.3) is 0 Å². The molecule has 50 valence electrons. The number of rotatable bonds is 0. The van der Waals surface area contributed by atoms with E-state index in [4.69, 9.17) is 23.9 Å². The number of halogens is 1. The van der Waals surface area contributed by atoms with Gasteiger partial charge >= 0.3 is 0 Å². The predicted octanol–water partition coefficient (Wildman–Crippen LogP) is 2.47. The predicted molar refractivity (Wildman–Crippen MR) is 42.1 cm³/mol. The Morgan fingerprint density at radius 3 is 2.70 bits per heavy atom. The van der Waals surface area contributed by atoms with Gasteiger partial charge in [-0.05, 0) is 6.07 Å². The standard InChI is InChI=1S/C7H5ClN2/c1-10-6-4-2-3-5(8)7(6)9/h2-4H,9H2. The summed E-state index contributed by atoms with van der Waals surface area (Å²) >= 11 is 5.62. The quantitative estimate of drug-likeness (QED) is 0.449. The van der Waals surface area contributed by atoms with Gasteiger partial charge in [-0.25, -0.2) is 4.85 Å². The van der Waals surface area contributed by atoms with Gasteiger partial charge in [0, 0.05) is 0 Å². The van der Waals surface area contributed by atoms with Crippen LogP contribution in [0.1, 0.15) is 0 Å². The zero-order chi connectivity index (χ0) is 7.56. The Kier molecular flexibility index (Phi) is 1.79. The van der Waals surface area contributed by atoms with Crippen LogP contribution in [0.2, 0.25) is 5.02 Å². The number of hydrogen-bond donors (Lipinski definition) is 1. The second-order valence-corrected chi connectivity index (χ2v) is 2.19. The maximum atomic E-state index is 6.67. The van der Waals surface area contributed by atoms with Gasteiger partial charge in [0.2, 0.25) is 5.69 Å². The third kappa shape index (κ3) is 1.04. The van der Waals surface area contributed by atoms with Gasteiger partial charge in [-0.1, -0.05) is 23.7 Å². The molecule has 1 aromatic rings. The molecule has 0 saturated carbocycles. The minimum atomic E-state index is 0.360. The summed E-state index contributed by atoms with van der Waals surface area (Å²) in [5.41, 5.74) is 6.22. The zero-order valence-corrected chi connectivity index (χ0v) is 5.89. The molecule has 0 spiro atoms. The second kappa shape index (κ2) is 2.59. The first-order valence-electron chi connectivity index (χ1n) is 2.67. The lowest BCUT2D eigenvalue weighted by atomic mass is 10.3. The van der Waals surface area contributed by atoms with Crippen LogP contribution in [0.3, 0.4) is 0 Å². The molecule has 0 aliphatic heterocycles. The van der Waals surface area contributed by atoms with Crippen molar-refractivity contribution in [3.8, 4) is 0 Å². The number of hydrogen-bond acceptors (Lipinski definition) is 1. The molecular formula is C7H5ClN2. The Morgan fingerprint density at radius 1 is 1.50 bits per heavy atom. The molecule has 0 unspecified atom stereocenters. The van der Waals surface area contributed by atoms with E-state index >= 15 is 0 Å². The fourth-order valence-corrected chi connectivity index (χ4v) is 0.793. The van der Waals surface area contributed by atoms with Crippen LogP contribution in [0.5, 0.6) is 0 Å². The van der Waals surface area contributed by atoms with Crippen molar-refractivity contribution in [2.75, 3.05) is 5.73 Å². The van der Waals surface area contributed by atoms with Crippen molar-refractivity contribution in [3.63, 3.8) is 0 Å². The second-order valence-electron chi connectivity index (χ2n) is 1.78. The summed E-state index contributed by atoms with van der Waals surface area (Å²) in [6.45, 7) is 6.67.